The van der Waals surface area contributed by atoms with Crippen LogP contribution in [0.15, 0.2) is 63.9 Å². The van der Waals surface area contributed by atoms with E-state index in [4.69, 9.17) is 4.42 Å². The number of thioether (sulfide) groups is 1. The van der Waals surface area contributed by atoms with Crippen molar-refractivity contribution in [3.8, 4) is 0 Å². The first-order valence-corrected chi connectivity index (χ1v) is 8.43. The molecule has 2 N–H and O–H groups in total. The van der Waals surface area contributed by atoms with E-state index in [0.717, 1.165) is 28.3 Å². The third-order valence-corrected chi connectivity index (χ3v) is 4.69. The zero-order valence-electron chi connectivity index (χ0n) is 12.9. The van der Waals surface area contributed by atoms with E-state index in [-0.39, 0.29) is 11.1 Å². The lowest BCUT2D eigenvalue weighted by atomic mass is 10.1. The molecule has 1 atom stereocenters. The van der Waals surface area contributed by atoms with Gasteiger partial charge in [-0.05, 0) is 47.2 Å². The second-order valence-corrected chi connectivity index (χ2v) is 6.63. The number of aliphatic hydroxyl groups excluding tert-OH is 1. The fourth-order valence-corrected chi connectivity index (χ4v) is 3.36. The predicted molar refractivity (Wildman–Crippen MR) is 95.8 cm³/mol. The molecule has 0 bridgehead atoms. The summed E-state index contributed by atoms with van der Waals surface area (Å²) in [7, 11) is 0. The Kier molecular flexibility index (Phi) is 3.91. The number of hydrogen-bond acceptors (Lipinski definition) is 5. The highest BCUT2D eigenvalue weighted by molar-refractivity contribution is 8.18. The van der Waals surface area contributed by atoms with E-state index < -0.39 is 6.10 Å². The molecule has 0 radical (unpaired) electrons. The number of nitrogens with one attached hydrogen (secondary N) is 1. The molecule has 124 valence electrons. The van der Waals surface area contributed by atoms with Gasteiger partial charge in [-0.3, -0.25) is 14.9 Å². The number of hydrogen-bond donors (Lipinski definition) is 2. The maximum atomic E-state index is 11.6. The molecule has 1 saturated heterocycles. The molecule has 1 aliphatic heterocycles. The number of carbonyl (C=O) groups excluding carboxylic acids is 2. The molecule has 25 heavy (non-hydrogen) atoms. The summed E-state index contributed by atoms with van der Waals surface area (Å²) < 4.78 is 5.74. The summed E-state index contributed by atoms with van der Waals surface area (Å²) in [6.45, 7) is 0. The number of benzene rings is 2. The number of fused-ring (bicyclic) bond motifs is 1. The number of carbonyl (C=O) groups is 2. The lowest BCUT2D eigenvalue weighted by Gasteiger charge is -2.06. The molecule has 2 amide bonds. The SMILES string of the molecule is O=C1NC(=O)/C(=C/c2ccc3oc(C(O)c4ccccc4)cc3c2)S1. The molecule has 6 heteroatoms. The highest BCUT2D eigenvalue weighted by Gasteiger charge is 2.25. The second kappa shape index (κ2) is 6.23. The molecule has 2 aromatic carbocycles. The Balaban J connectivity index is 1.67. The van der Waals surface area contributed by atoms with Gasteiger partial charge in [-0.2, -0.15) is 0 Å². The van der Waals surface area contributed by atoms with Gasteiger partial charge in [0.1, 0.15) is 17.4 Å². The molecule has 2 heterocycles. The highest BCUT2D eigenvalue weighted by atomic mass is 32.2. The van der Waals surface area contributed by atoms with Gasteiger partial charge in [-0.25, -0.2) is 0 Å². The number of rotatable bonds is 3. The Morgan fingerprint density at radius 1 is 1.08 bits per heavy atom. The van der Waals surface area contributed by atoms with Gasteiger partial charge in [-0.15, -0.1) is 0 Å². The van der Waals surface area contributed by atoms with Crippen LogP contribution in [0.3, 0.4) is 0 Å². The van der Waals surface area contributed by atoms with E-state index in [0.29, 0.717) is 16.2 Å². The first-order valence-electron chi connectivity index (χ1n) is 7.61. The molecular weight excluding hydrogens is 338 g/mol. The van der Waals surface area contributed by atoms with Crippen LogP contribution in [0.4, 0.5) is 4.79 Å². The Bertz CT molecular complexity index is 1010. The third kappa shape index (κ3) is 3.09. The lowest BCUT2D eigenvalue weighted by molar-refractivity contribution is -0.115. The molecule has 1 aliphatic rings. The molecule has 5 nitrogen and oxygen atoms in total. The largest absolute Gasteiger partial charge is 0.458 e. The number of aliphatic hydroxyl groups is 1. The summed E-state index contributed by atoms with van der Waals surface area (Å²) in [4.78, 5) is 23.2. The van der Waals surface area contributed by atoms with Crippen LogP contribution >= 0.6 is 11.8 Å². The van der Waals surface area contributed by atoms with Gasteiger partial charge < -0.3 is 9.52 Å². The van der Waals surface area contributed by atoms with Crippen molar-refractivity contribution in [2.75, 3.05) is 0 Å². The van der Waals surface area contributed by atoms with Crippen molar-refractivity contribution in [2.45, 2.75) is 6.10 Å². The van der Waals surface area contributed by atoms with Crippen LogP contribution in [-0.4, -0.2) is 16.3 Å². The zero-order chi connectivity index (χ0) is 17.4. The molecule has 1 fully saturated rings. The first-order chi connectivity index (χ1) is 12.1. The van der Waals surface area contributed by atoms with Crippen LogP contribution in [0.5, 0.6) is 0 Å². The van der Waals surface area contributed by atoms with Crippen LogP contribution < -0.4 is 5.32 Å². The summed E-state index contributed by atoms with van der Waals surface area (Å²) in [5.74, 6) is 0.0663. The number of imide groups is 1. The minimum Gasteiger partial charge on any atom is -0.458 e. The summed E-state index contributed by atoms with van der Waals surface area (Å²) in [6, 6.07) is 16.5. The van der Waals surface area contributed by atoms with Gasteiger partial charge in [0.15, 0.2) is 0 Å². The van der Waals surface area contributed by atoms with Gasteiger partial charge in [0.2, 0.25) is 0 Å². The van der Waals surface area contributed by atoms with Crippen LogP contribution in [0.1, 0.15) is 23.0 Å². The van der Waals surface area contributed by atoms with Crippen molar-refractivity contribution in [1.29, 1.82) is 0 Å². The van der Waals surface area contributed by atoms with Crippen LogP contribution in [-0.2, 0) is 4.79 Å². The normalized spacial score (nSPS) is 17.2. The van der Waals surface area contributed by atoms with Crippen molar-refractivity contribution in [3.05, 3.63) is 76.4 Å². The standard InChI is InChI=1S/C19H13NO4S/c21-17(12-4-2-1-3-5-12)15-10-13-8-11(6-7-14(13)24-15)9-16-18(22)20-19(23)25-16/h1-10,17,21H,(H,20,22,23)/b16-9-. The average Bonchev–Trinajstić information content (AvgIpc) is 3.17. The molecule has 0 saturated carbocycles. The maximum absolute atomic E-state index is 11.6. The van der Waals surface area contributed by atoms with Crippen molar-refractivity contribution in [2.24, 2.45) is 0 Å². The van der Waals surface area contributed by atoms with Crippen molar-refractivity contribution < 1.29 is 19.1 Å². The maximum Gasteiger partial charge on any atom is 0.290 e. The van der Waals surface area contributed by atoms with Crippen molar-refractivity contribution >= 4 is 40.0 Å². The van der Waals surface area contributed by atoms with Gasteiger partial charge in [-0.1, -0.05) is 36.4 Å². The molecular formula is C19H13NO4S. The Hall–Kier alpha value is -2.83. The molecule has 4 rings (SSSR count). The van der Waals surface area contributed by atoms with E-state index in [1.165, 1.54) is 0 Å². The minimum atomic E-state index is -0.843. The first kappa shape index (κ1) is 15.7. The van der Waals surface area contributed by atoms with Crippen molar-refractivity contribution in [1.82, 2.24) is 5.32 Å². The monoisotopic (exact) mass is 351 g/mol. The molecule has 0 aliphatic carbocycles. The molecule has 0 spiro atoms. The summed E-state index contributed by atoms with van der Waals surface area (Å²) in [5, 5.41) is 13.1. The van der Waals surface area contributed by atoms with E-state index in [9.17, 15) is 14.7 Å². The quantitative estimate of drug-likeness (QED) is 0.701. The van der Waals surface area contributed by atoms with E-state index in [2.05, 4.69) is 5.32 Å². The van der Waals surface area contributed by atoms with E-state index >= 15 is 0 Å². The summed E-state index contributed by atoms with van der Waals surface area (Å²) in [6.07, 6.45) is 0.814. The lowest BCUT2D eigenvalue weighted by Crippen LogP contribution is -2.17. The Morgan fingerprint density at radius 2 is 1.88 bits per heavy atom. The van der Waals surface area contributed by atoms with E-state index in [1.807, 2.05) is 36.4 Å². The van der Waals surface area contributed by atoms with Crippen LogP contribution in [0, 0.1) is 0 Å². The fraction of sp³-hybridized carbons (Fsp3) is 0.0526. The van der Waals surface area contributed by atoms with Gasteiger partial charge in [0.25, 0.3) is 11.1 Å². The molecule has 1 aromatic heterocycles. The highest BCUT2D eigenvalue weighted by Crippen LogP contribution is 2.30. The Labute approximate surface area is 147 Å². The summed E-state index contributed by atoms with van der Waals surface area (Å²) in [5.41, 5.74) is 2.18. The average molecular weight is 351 g/mol. The van der Waals surface area contributed by atoms with Gasteiger partial charge in [0, 0.05) is 5.39 Å². The third-order valence-electron chi connectivity index (χ3n) is 3.88. The topological polar surface area (TPSA) is 79.5 Å². The van der Waals surface area contributed by atoms with Crippen LogP contribution in [0.25, 0.3) is 17.0 Å². The smallest absolute Gasteiger partial charge is 0.290 e. The number of furan rings is 1. The summed E-state index contributed by atoms with van der Waals surface area (Å²) >= 11 is 0.879. The van der Waals surface area contributed by atoms with Crippen LogP contribution in [0.2, 0.25) is 0 Å². The molecule has 3 aromatic rings. The predicted octanol–water partition coefficient (Wildman–Crippen LogP) is 3.84. The van der Waals surface area contributed by atoms with E-state index in [1.54, 1.807) is 24.3 Å². The minimum absolute atomic E-state index is 0.359. The second-order valence-electron chi connectivity index (χ2n) is 5.61. The van der Waals surface area contributed by atoms with Gasteiger partial charge in [0.05, 0.1) is 4.91 Å². The number of amides is 2. The van der Waals surface area contributed by atoms with Crippen molar-refractivity contribution in [3.63, 3.8) is 0 Å². The zero-order valence-corrected chi connectivity index (χ0v) is 13.7. The van der Waals surface area contributed by atoms with Gasteiger partial charge >= 0.3 is 0 Å². The molecule has 1 unspecified atom stereocenters. The fourth-order valence-electron chi connectivity index (χ4n) is 2.68. The Morgan fingerprint density at radius 3 is 2.60 bits per heavy atom.